The molecular weight excluding hydrogens is 263 g/mol. The van der Waals surface area contributed by atoms with Crippen LogP contribution < -0.4 is 5.32 Å². The molecule has 0 saturated carbocycles. The second kappa shape index (κ2) is 6.64. The quantitative estimate of drug-likeness (QED) is 0.901. The Balaban J connectivity index is 2.27. The fourth-order valence-corrected chi connectivity index (χ4v) is 2.28. The molecule has 1 N–H and O–H groups in total. The van der Waals surface area contributed by atoms with Gasteiger partial charge in [0.15, 0.2) is 0 Å². The van der Waals surface area contributed by atoms with Crippen LogP contribution in [0, 0.1) is 5.82 Å². The van der Waals surface area contributed by atoms with Crippen molar-refractivity contribution in [2.45, 2.75) is 19.4 Å². The van der Waals surface area contributed by atoms with Crippen LogP contribution in [-0.4, -0.2) is 11.5 Å². The first kappa shape index (κ1) is 14.0. The van der Waals surface area contributed by atoms with Crippen molar-refractivity contribution < 1.29 is 4.39 Å². The maximum Gasteiger partial charge on any atom is 0.127 e. The van der Waals surface area contributed by atoms with Gasteiger partial charge in [0, 0.05) is 24.0 Å². The minimum atomic E-state index is -0.196. The van der Waals surface area contributed by atoms with Crippen LogP contribution in [0.5, 0.6) is 0 Å². The summed E-state index contributed by atoms with van der Waals surface area (Å²) in [6, 6.07) is 8.60. The molecule has 1 aromatic carbocycles. The van der Waals surface area contributed by atoms with E-state index in [1.807, 2.05) is 19.1 Å². The Labute approximate surface area is 117 Å². The second-order valence-corrected chi connectivity index (χ2v) is 4.71. The van der Waals surface area contributed by atoms with Crippen LogP contribution in [0.2, 0.25) is 5.02 Å². The molecule has 2 aromatic rings. The van der Waals surface area contributed by atoms with Gasteiger partial charge >= 0.3 is 0 Å². The lowest BCUT2D eigenvalue weighted by molar-refractivity contribution is 0.510. The highest BCUT2D eigenvalue weighted by Crippen LogP contribution is 2.24. The first-order valence-electron chi connectivity index (χ1n) is 6.28. The summed E-state index contributed by atoms with van der Waals surface area (Å²) in [5, 5.41) is 3.91. The normalized spacial score (nSPS) is 12.4. The summed E-state index contributed by atoms with van der Waals surface area (Å²) in [5.74, 6) is -0.196. The minimum absolute atomic E-state index is 0.0916. The highest BCUT2D eigenvalue weighted by Gasteiger charge is 2.16. The average Bonchev–Trinajstić information content (AvgIpc) is 2.41. The molecule has 0 aliphatic carbocycles. The number of aromatic nitrogens is 1. The molecule has 1 unspecified atom stereocenters. The summed E-state index contributed by atoms with van der Waals surface area (Å²) in [6.07, 6.45) is 3.95. The molecule has 1 aromatic heterocycles. The summed E-state index contributed by atoms with van der Waals surface area (Å²) in [4.78, 5) is 3.96. The van der Waals surface area contributed by atoms with Gasteiger partial charge < -0.3 is 5.32 Å². The molecule has 100 valence electrons. The lowest BCUT2D eigenvalue weighted by atomic mass is 9.99. The van der Waals surface area contributed by atoms with E-state index < -0.39 is 0 Å². The van der Waals surface area contributed by atoms with Crippen molar-refractivity contribution in [1.29, 1.82) is 0 Å². The van der Waals surface area contributed by atoms with E-state index in [2.05, 4.69) is 10.3 Å². The largest absolute Gasteiger partial charge is 0.310 e. The zero-order valence-corrected chi connectivity index (χ0v) is 11.5. The van der Waals surface area contributed by atoms with Crippen LogP contribution >= 0.6 is 11.6 Å². The van der Waals surface area contributed by atoms with Gasteiger partial charge in [-0.25, -0.2) is 4.39 Å². The molecule has 0 radical (unpaired) electrons. The standard InChI is InChI=1S/C15H16ClFN2/c1-2-19-15(12-5-3-4-6-14(12)17)9-11-7-8-18-10-13(11)16/h3-8,10,15,19H,2,9H2,1H3. The number of halogens is 2. The van der Waals surface area contributed by atoms with Gasteiger partial charge in [0.05, 0.1) is 5.02 Å². The van der Waals surface area contributed by atoms with Gasteiger partial charge in [0.2, 0.25) is 0 Å². The van der Waals surface area contributed by atoms with Crippen LogP contribution in [0.1, 0.15) is 24.1 Å². The number of hydrogen-bond donors (Lipinski definition) is 1. The first-order valence-corrected chi connectivity index (χ1v) is 6.66. The van der Waals surface area contributed by atoms with Gasteiger partial charge in [-0.1, -0.05) is 36.7 Å². The summed E-state index contributed by atoms with van der Waals surface area (Å²) >= 11 is 6.11. The molecule has 4 heteroatoms. The number of pyridine rings is 1. The number of rotatable bonds is 5. The third-order valence-corrected chi connectivity index (χ3v) is 3.35. The van der Waals surface area contributed by atoms with Gasteiger partial charge in [-0.15, -0.1) is 0 Å². The molecule has 2 rings (SSSR count). The van der Waals surface area contributed by atoms with Crippen molar-refractivity contribution >= 4 is 11.6 Å². The molecule has 19 heavy (non-hydrogen) atoms. The summed E-state index contributed by atoms with van der Waals surface area (Å²) in [7, 11) is 0. The average molecular weight is 279 g/mol. The van der Waals surface area contributed by atoms with Crippen molar-refractivity contribution in [3.05, 3.63) is 64.7 Å². The van der Waals surface area contributed by atoms with Crippen molar-refractivity contribution in [3.63, 3.8) is 0 Å². The van der Waals surface area contributed by atoms with Crippen molar-refractivity contribution in [1.82, 2.24) is 10.3 Å². The van der Waals surface area contributed by atoms with Crippen molar-refractivity contribution in [2.24, 2.45) is 0 Å². The summed E-state index contributed by atoms with van der Waals surface area (Å²) in [6.45, 7) is 2.77. The summed E-state index contributed by atoms with van der Waals surface area (Å²) < 4.78 is 13.9. The van der Waals surface area contributed by atoms with Gasteiger partial charge in [-0.2, -0.15) is 0 Å². The maximum atomic E-state index is 13.9. The lowest BCUT2D eigenvalue weighted by Gasteiger charge is -2.19. The number of benzene rings is 1. The molecular formula is C15H16ClFN2. The Hall–Kier alpha value is -1.45. The third kappa shape index (κ3) is 3.52. The SMILES string of the molecule is CCNC(Cc1ccncc1Cl)c1ccccc1F. The van der Waals surface area contributed by atoms with Crippen molar-refractivity contribution in [2.75, 3.05) is 6.54 Å². The Kier molecular flexibility index (Phi) is 4.88. The Morgan fingerprint density at radius 3 is 2.79 bits per heavy atom. The first-order chi connectivity index (χ1) is 9.22. The molecule has 0 bridgehead atoms. The lowest BCUT2D eigenvalue weighted by Crippen LogP contribution is -2.24. The number of nitrogens with one attached hydrogen (secondary N) is 1. The van der Waals surface area contributed by atoms with Crippen LogP contribution in [0.15, 0.2) is 42.7 Å². The van der Waals surface area contributed by atoms with Gasteiger partial charge in [-0.3, -0.25) is 4.98 Å². The van der Waals surface area contributed by atoms with E-state index >= 15 is 0 Å². The Morgan fingerprint density at radius 2 is 2.11 bits per heavy atom. The molecule has 0 fully saturated rings. The van der Waals surface area contributed by atoms with E-state index in [1.165, 1.54) is 6.07 Å². The van der Waals surface area contributed by atoms with Crippen LogP contribution in [0.4, 0.5) is 4.39 Å². The third-order valence-electron chi connectivity index (χ3n) is 3.01. The predicted octanol–water partition coefficient (Wildman–Crippen LogP) is 3.77. The van der Waals surface area contributed by atoms with E-state index in [9.17, 15) is 4.39 Å². The van der Waals surface area contributed by atoms with Crippen molar-refractivity contribution in [3.8, 4) is 0 Å². The Bertz CT molecular complexity index is 545. The van der Waals surface area contributed by atoms with E-state index in [0.29, 0.717) is 17.0 Å². The zero-order chi connectivity index (χ0) is 13.7. The van der Waals surface area contributed by atoms with Crippen LogP contribution in [-0.2, 0) is 6.42 Å². The van der Waals surface area contributed by atoms with Gasteiger partial charge in [0.1, 0.15) is 5.82 Å². The highest BCUT2D eigenvalue weighted by atomic mass is 35.5. The molecule has 0 spiro atoms. The molecule has 0 aliphatic heterocycles. The predicted molar refractivity (Wildman–Crippen MR) is 75.8 cm³/mol. The molecule has 2 nitrogen and oxygen atoms in total. The van der Waals surface area contributed by atoms with E-state index in [0.717, 1.165) is 12.1 Å². The maximum absolute atomic E-state index is 13.9. The number of likely N-dealkylation sites (N-methyl/N-ethyl adjacent to an activating group) is 1. The monoisotopic (exact) mass is 278 g/mol. The van der Waals surface area contributed by atoms with Crippen LogP contribution in [0.3, 0.4) is 0 Å². The minimum Gasteiger partial charge on any atom is -0.310 e. The number of nitrogens with zero attached hydrogens (tertiary/aromatic N) is 1. The fraction of sp³-hybridized carbons (Fsp3) is 0.267. The van der Waals surface area contributed by atoms with Gasteiger partial charge in [0.25, 0.3) is 0 Å². The van der Waals surface area contributed by atoms with E-state index in [-0.39, 0.29) is 11.9 Å². The van der Waals surface area contributed by atoms with E-state index in [4.69, 9.17) is 11.6 Å². The smallest absolute Gasteiger partial charge is 0.127 e. The van der Waals surface area contributed by atoms with Crippen LogP contribution in [0.25, 0.3) is 0 Å². The zero-order valence-electron chi connectivity index (χ0n) is 10.7. The molecule has 0 amide bonds. The van der Waals surface area contributed by atoms with E-state index in [1.54, 1.807) is 24.5 Å². The number of hydrogen-bond acceptors (Lipinski definition) is 2. The molecule has 1 heterocycles. The topological polar surface area (TPSA) is 24.9 Å². The fourth-order valence-electron chi connectivity index (χ4n) is 2.09. The molecule has 0 saturated heterocycles. The Morgan fingerprint density at radius 1 is 1.32 bits per heavy atom. The highest BCUT2D eigenvalue weighted by molar-refractivity contribution is 6.31. The molecule has 0 aliphatic rings. The second-order valence-electron chi connectivity index (χ2n) is 4.30. The summed E-state index contributed by atoms with van der Waals surface area (Å²) in [5.41, 5.74) is 1.63. The molecule has 1 atom stereocenters. The van der Waals surface area contributed by atoms with Gasteiger partial charge in [-0.05, 0) is 30.7 Å².